The van der Waals surface area contributed by atoms with Gasteiger partial charge in [-0.25, -0.2) is 17.5 Å². The van der Waals surface area contributed by atoms with E-state index in [2.05, 4.69) is 10.6 Å². The number of nitrogens with one attached hydrogen (secondary N) is 2. The molecule has 27 heavy (non-hydrogen) atoms. The van der Waals surface area contributed by atoms with Gasteiger partial charge in [0, 0.05) is 19.0 Å². The van der Waals surface area contributed by atoms with E-state index < -0.39 is 21.8 Å². The lowest BCUT2D eigenvalue weighted by molar-refractivity contribution is 0.262. The zero-order valence-corrected chi connectivity index (χ0v) is 17.8. The van der Waals surface area contributed by atoms with Gasteiger partial charge >= 0.3 is 6.03 Å². The van der Waals surface area contributed by atoms with Crippen LogP contribution in [-0.4, -0.2) is 37.5 Å². The molecule has 0 spiro atoms. The van der Waals surface area contributed by atoms with E-state index in [0.29, 0.717) is 13.0 Å². The number of hydrogen-bond donors (Lipinski definition) is 3. The number of benzene rings is 1. The first kappa shape index (κ1) is 21.8. The van der Waals surface area contributed by atoms with Crippen LogP contribution in [0.4, 0.5) is 16.2 Å². The summed E-state index contributed by atoms with van der Waals surface area (Å²) in [7, 11) is -2.39. The summed E-state index contributed by atoms with van der Waals surface area (Å²) in [5, 5.41) is 17.0. The minimum absolute atomic E-state index is 0.0156. The van der Waals surface area contributed by atoms with Crippen LogP contribution >= 0.6 is 34.5 Å². The number of carbonyl (C=O) groups excluding carboxylic acids is 1. The Hall–Kier alpha value is -1.52. The van der Waals surface area contributed by atoms with Crippen molar-refractivity contribution in [2.75, 3.05) is 24.2 Å². The lowest BCUT2D eigenvalue weighted by Gasteiger charge is -2.15. The van der Waals surface area contributed by atoms with E-state index in [1.807, 2.05) is 6.92 Å². The Morgan fingerprint density at radius 2 is 1.93 bits per heavy atom. The maximum Gasteiger partial charge on any atom is 0.323 e. The van der Waals surface area contributed by atoms with Crippen molar-refractivity contribution < 1.29 is 18.3 Å². The average molecular weight is 452 g/mol. The molecule has 0 aliphatic carbocycles. The number of unbranched alkanes of at least 4 members (excludes halogenated alkanes) is 1. The maximum absolute atomic E-state index is 12.5. The second-order valence-corrected chi connectivity index (χ2v) is 9.55. The second kappa shape index (κ2) is 9.11. The fourth-order valence-electron chi connectivity index (χ4n) is 2.12. The zero-order chi connectivity index (χ0) is 20.2. The molecule has 148 valence electrons. The van der Waals surface area contributed by atoms with Crippen LogP contribution < -0.4 is 10.6 Å². The number of halogens is 2. The molecule has 0 aliphatic heterocycles. The van der Waals surface area contributed by atoms with E-state index in [4.69, 9.17) is 23.2 Å². The molecule has 1 aromatic carbocycles. The molecule has 0 radical (unpaired) electrons. The van der Waals surface area contributed by atoms with Crippen LogP contribution in [0.3, 0.4) is 0 Å². The maximum atomic E-state index is 12.5. The number of aromatic hydroxyl groups is 1. The first-order chi connectivity index (χ1) is 12.7. The Kier molecular flexibility index (Phi) is 7.35. The van der Waals surface area contributed by atoms with Gasteiger partial charge in [-0.2, -0.15) is 0 Å². The monoisotopic (exact) mass is 451 g/mol. The molecule has 0 saturated heterocycles. The van der Waals surface area contributed by atoms with Gasteiger partial charge in [0.15, 0.2) is 9.96 Å². The van der Waals surface area contributed by atoms with Gasteiger partial charge in [-0.3, -0.25) is 0 Å². The van der Waals surface area contributed by atoms with Gasteiger partial charge in [0.2, 0.25) is 0 Å². The molecule has 0 unspecified atom stereocenters. The van der Waals surface area contributed by atoms with E-state index in [1.165, 1.54) is 16.7 Å². The van der Waals surface area contributed by atoms with Crippen molar-refractivity contribution in [2.24, 2.45) is 0 Å². The molecule has 1 heterocycles. The van der Waals surface area contributed by atoms with E-state index >= 15 is 0 Å². The van der Waals surface area contributed by atoms with E-state index in [-0.39, 0.29) is 25.6 Å². The molecule has 0 saturated carbocycles. The SMILES string of the molecule is CCCCN(C)S(=O)(=O)c1scc(NC(=O)Nc2cccc(Cl)c2Cl)c1O. The molecular weight excluding hydrogens is 433 g/mol. The largest absolute Gasteiger partial charge is 0.504 e. The molecule has 2 amide bonds. The average Bonchev–Trinajstić information content (AvgIpc) is 2.98. The van der Waals surface area contributed by atoms with Crippen LogP contribution in [0.2, 0.25) is 10.0 Å². The summed E-state index contributed by atoms with van der Waals surface area (Å²) in [6, 6.07) is 4.04. The van der Waals surface area contributed by atoms with Crippen LogP contribution in [0, 0.1) is 0 Å². The summed E-state index contributed by atoms with van der Waals surface area (Å²) in [5.41, 5.74) is 0.265. The van der Waals surface area contributed by atoms with Crippen molar-refractivity contribution in [1.29, 1.82) is 0 Å². The molecule has 1 aromatic heterocycles. The van der Waals surface area contributed by atoms with Gasteiger partial charge in [-0.1, -0.05) is 42.6 Å². The minimum Gasteiger partial charge on any atom is -0.504 e. The molecular formula is C16H19Cl2N3O4S2. The van der Waals surface area contributed by atoms with Crippen molar-refractivity contribution in [3.05, 3.63) is 33.6 Å². The fourth-order valence-corrected chi connectivity index (χ4v) is 5.11. The van der Waals surface area contributed by atoms with Crippen molar-refractivity contribution in [3.8, 4) is 5.75 Å². The Bertz CT molecular complexity index is 932. The molecule has 2 aromatic rings. The molecule has 11 heteroatoms. The van der Waals surface area contributed by atoms with Crippen molar-refractivity contribution >= 4 is 62.0 Å². The number of hydrogen-bond acceptors (Lipinski definition) is 5. The first-order valence-corrected chi connectivity index (χ1v) is 11.0. The molecule has 0 atom stereocenters. The fraction of sp³-hybridized carbons (Fsp3) is 0.312. The number of amides is 2. The van der Waals surface area contributed by atoms with Crippen LogP contribution in [0.15, 0.2) is 27.8 Å². The number of sulfonamides is 1. The highest BCUT2D eigenvalue weighted by Gasteiger charge is 2.28. The van der Waals surface area contributed by atoms with Crippen molar-refractivity contribution in [1.82, 2.24) is 4.31 Å². The minimum atomic E-state index is -3.84. The third-order valence-electron chi connectivity index (χ3n) is 3.65. The smallest absolute Gasteiger partial charge is 0.323 e. The van der Waals surface area contributed by atoms with Crippen LogP contribution in [0.5, 0.6) is 5.75 Å². The van der Waals surface area contributed by atoms with Gasteiger partial charge in [0.05, 0.1) is 21.4 Å². The summed E-state index contributed by atoms with van der Waals surface area (Å²) in [5.74, 6) is -0.504. The lowest BCUT2D eigenvalue weighted by Crippen LogP contribution is -2.27. The molecule has 0 bridgehead atoms. The summed E-state index contributed by atoms with van der Waals surface area (Å²) in [4.78, 5) is 12.1. The molecule has 0 fully saturated rings. The summed E-state index contributed by atoms with van der Waals surface area (Å²) in [6.07, 6.45) is 1.55. The summed E-state index contributed by atoms with van der Waals surface area (Å²) in [6.45, 7) is 2.29. The first-order valence-electron chi connectivity index (χ1n) is 7.97. The van der Waals surface area contributed by atoms with Crippen LogP contribution in [0.25, 0.3) is 0 Å². The zero-order valence-electron chi connectivity index (χ0n) is 14.6. The number of rotatable bonds is 7. The Morgan fingerprint density at radius 3 is 2.59 bits per heavy atom. The number of carbonyl (C=O) groups is 1. The predicted molar refractivity (Wildman–Crippen MR) is 110 cm³/mol. The molecule has 0 aliphatic rings. The van der Waals surface area contributed by atoms with Gasteiger partial charge in [0.25, 0.3) is 10.0 Å². The molecule has 7 nitrogen and oxygen atoms in total. The molecule has 3 N–H and O–H groups in total. The normalized spacial score (nSPS) is 11.6. The van der Waals surface area contributed by atoms with Crippen molar-refractivity contribution in [3.63, 3.8) is 0 Å². The van der Waals surface area contributed by atoms with E-state index in [1.54, 1.807) is 18.2 Å². The van der Waals surface area contributed by atoms with Crippen LogP contribution in [-0.2, 0) is 10.0 Å². The number of anilines is 2. The Balaban J connectivity index is 2.15. The van der Waals surface area contributed by atoms with Crippen molar-refractivity contribution in [2.45, 2.75) is 24.0 Å². The second-order valence-electron chi connectivity index (χ2n) is 5.65. The third kappa shape index (κ3) is 5.05. The highest BCUT2D eigenvalue weighted by Crippen LogP contribution is 2.39. The Morgan fingerprint density at radius 1 is 1.26 bits per heavy atom. The van der Waals surface area contributed by atoms with Crippen LogP contribution in [0.1, 0.15) is 19.8 Å². The quantitative estimate of drug-likeness (QED) is 0.561. The van der Waals surface area contributed by atoms with E-state index in [9.17, 15) is 18.3 Å². The van der Waals surface area contributed by atoms with E-state index in [0.717, 1.165) is 17.8 Å². The lowest BCUT2D eigenvalue weighted by atomic mass is 10.3. The third-order valence-corrected chi connectivity index (χ3v) is 7.82. The number of urea groups is 1. The Labute approximate surface area is 172 Å². The standard InChI is InChI=1S/C16H19Cl2N3O4S2/c1-3-4-8-21(2)27(24,25)15-14(22)12(9-26-15)20-16(23)19-11-7-5-6-10(17)13(11)18/h5-7,9,22H,3-4,8H2,1-2H3,(H2,19,20,23). The number of thiophene rings is 1. The predicted octanol–water partition coefficient (Wildman–Crippen LogP) is 4.83. The highest BCUT2D eigenvalue weighted by atomic mass is 35.5. The number of nitrogens with zero attached hydrogens (tertiary/aromatic N) is 1. The van der Waals surface area contributed by atoms with Gasteiger partial charge in [-0.15, -0.1) is 11.3 Å². The highest BCUT2D eigenvalue weighted by molar-refractivity contribution is 7.91. The van der Waals surface area contributed by atoms with Gasteiger partial charge in [0.1, 0.15) is 0 Å². The molecule has 2 rings (SSSR count). The summed E-state index contributed by atoms with van der Waals surface area (Å²) >= 11 is 12.7. The van der Waals surface area contributed by atoms with Gasteiger partial charge < -0.3 is 15.7 Å². The topological polar surface area (TPSA) is 98.7 Å². The van der Waals surface area contributed by atoms with Gasteiger partial charge in [-0.05, 0) is 18.6 Å². The summed E-state index contributed by atoms with van der Waals surface area (Å²) < 4.78 is 26.0.